The zero-order valence-corrected chi connectivity index (χ0v) is 14.9. The molecular weight excluding hydrogens is 318 g/mol. The molecule has 0 radical (unpaired) electrons. The van der Waals surface area contributed by atoms with Crippen molar-refractivity contribution in [2.24, 2.45) is 0 Å². The summed E-state index contributed by atoms with van der Waals surface area (Å²) in [4.78, 5) is 14.7. The molecule has 2 aromatic carbocycles. The van der Waals surface area contributed by atoms with Crippen LogP contribution in [0.2, 0.25) is 0 Å². The van der Waals surface area contributed by atoms with Crippen molar-refractivity contribution in [1.29, 1.82) is 0 Å². The van der Waals surface area contributed by atoms with Gasteiger partial charge in [-0.2, -0.15) is 0 Å². The molecule has 5 heteroatoms. The standard InChI is InChI=1S/C20H23NO4/c1-4-25-17-7-5-14(6-8-17)20(22)21-10-9-15-11-18(23-2)19(24-3)12-16(15)13-21/h5-8,11-12H,4,9-10,13H2,1-3H3. The largest absolute Gasteiger partial charge is 0.494 e. The van der Waals surface area contributed by atoms with Crippen LogP contribution in [0, 0.1) is 0 Å². The van der Waals surface area contributed by atoms with E-state index in [9.17, 15) is 4.79 Å². The Labute approximate surface area is 148 Å². The lowest BCUT2D eigenvalue weighted by Crippen LogP contribution is -2.36. The Morgan fingerprint density at radius 2 is 1.68 bits per heavy atom. The summed E-state index contributed by atoms with van der Waals surface area (Å²) in [6.45, 7) is 3.81. The smallest absolute Gasteiger partial charge is 0.254 e. The lowest BCUT2D eigenvalue weighted by molar-refractivity contribution is 0.0734. The van der Waals surface area contributed by atoms with Crippen molar-refractivity contribution in [3.8, 4) is 17.2 Å². The molecule has 0 saturated heterocycles. The maximum atomic E-state index is 12.8. The molecule has 0 bridgehead atoms. The first-order valence-corrected chi connectivity index (χ1v) is 8.42. The number of carbonyl (C=O) groups excluding carboxylic acids is 1. The Balaban J connectivity index is 1.78. The van der Waals surface area contributed by atoms with E-state index in [1.807, 2.05) is 48.2 Å². The summed E-state index contributed by atoms with van der Waals surface area (Å²) in [5, 5.41) is 0. The van der Waals surface area contributed by atoms with Crippen molar-refractivity contribution in [3.05, 3.63) is 53.1 Å². The zero-order chi connectivity index (χ0) is 17.8. The second-order valence-electron chi connectivity index (χ2n) is 5.91. The Morgan fingerprint density at radius 3 is 2.28 bits per heavy atom. The molecule has 1 amide bonds. The van der Waals surface area contributed by atoms with Gasteiger partial charge in [0.05, 0.1) is 20.8 Å². The Hall–Kier alpha value is -2.69. The van der Waals surface area contributed by atoms with Gasteiger partial charge in [-0.05, 0) is 60.9 Å². The fourth-order valence-electron chi connectivity index (χ4n) is 3.10. The topological polar surface area (TPSA) is 48.0 Å². The van der Waals surface area contributed by atoms with Crippen LogP contribution in [-0.4, -0.2) is 38.2 Å². The predicted molar refractivity (Wildman–Crippen MR) is 95.6 cm³/mol. The third kappa shape index (κ3) is 3.55. The van der Waals surface area contributed by atoms with E-state index >= 15 is 0 Å². The molecule has 1 heterocycles. The minimum Gasteiger partial charge on any atom is -0.494 e. The lowest BCUT2D eigenvalue weighted by Gasteiger charge is -2.29. The van der Waals surface area contributed by atoms with Crippen molar-refractivity contribution >= 4 is 5.91 Å². The van der Waals surface area contributed by atoms with Gasteiger partial charge in [0, 0.05) is 18.7 Å². The van der Waals surface area contributed by atoms with E-state index in [0.29, 0.717) is 31.0 Å². The van der Waals surface area contributed by atoms with E-state index in [2.05, 4.69) is 0 Å². The molecule has 0 N–H and O–H groups in total. The first-order chi connectivity index (χ1) is 12.2. The van der Waals surface area contributed by atoms with Gasteiger partial charge in [0.1, 0.15) is 5.75 Å². The highest BCUT2D eigenvalue weighted by Crippen LogP contribution is 2.33. The van der Waals surface area contributed by atoms with Crippen LogP contribution in [-0.2, 0) is 13.0 Å². The fourth-order valence-corrected chi connectivity index (χ4v) is 3.10. The number of benzene rings is 2. The molecule has 1 aliphatic rings. The molecule has 2 aromatic rings. The number of rotatable bonds is 5. The summed E-state index contributed by atoms with van der Waals surface area (Å²) in [5.41, 5.74) is 2.98. The van der Waals surface area contributed by atoms with Crippen molar-refractivity contribution in [2.75, 3.05) is 27.4 Å². The second kappa shape index (κ2) is 7.47. The van der Waals surface area contributed by atoms with Gasteiger partial charge < -0.3 is 19.1 Å². The number of ether oxygens (including phenoxy) is 3. The molecule has 0 aliphatic carbocycles. The van der Waals surface area contributed by atoms with Crippen LogP contribution < -0.4 is 14.2 Å². The highest BCUT2D eigenvalue weighted by molar-refractivity contribution is 5.94. The molecule has 0 aromatic heterocycles. The average Bonchev–Trinajstić information content (AvgIpc) is 2.66. The molecule has 25 heavy (non-hydrogen) atoms. The van der Waals surface area contributed by atoms with Gasteiger partial charge in [-0.3, -0.25) is 4.79 Å². The first-order valence-electron chi connectivity index (χ1n) is 8.42. The molecule has 5 nitrogen and oxygen atoms in total. The number of fused-ring (bicyclic) bond motifs is 1. The second-order valence-corrected chi connectivity index (χ2v) is 5.91. The maximum Gasteiger partial charge on any atom is 0.254 e. The minimum absolute atomic E-state index is 0.0310. The molecule has 0 saturated carbocycles. The number of methoxy groups -OCH3 is 2. The molecular formula is C20H23NO4. The summed E-state index contributed by atoms with van der Waals surface area (Å²) in [7, 11) is 3.25. The van der Waals surface area contributed by atoms with Crippen LogP contribution in [0.4, 0.5) is 0 Å². The van der Waals surface area contributed by atoms with Crippen LogP contribution >= 0.6 is 0 Å². The van der Waals surface area contributed by atoms with E-state index in [4.69, 9.17) is 14.2 Å². The molecule has 0 unspecified atom stereocenters. The number of nitrogens with zero attached hydrogens (tertiary/aromatic N) is 1. The highest BCUT2D eigenvalue weighted by atomic mass is 16.5. The molecule has 0 spiro atoms. The van der Waals surface area contributed by atoms with Crippen molar-refractivity contribution in [3.63, 3.8) is 0 Å². The van der Waals surface area contributed by atoms with Crippen LogP contribution in [0.15, 0.2) is 36.4 Å². The maximum absolute atomic E-state index is 12.8. The highest BCUT2D eigenvalue weighted by Gasteiger charge is 2.23. The van der Waals surface area contributed by atoms with Crippen LogP contribution in [0.25, 0.3) is 0 Å². The van der Waals surface area contributed by atoms with Gasteiger partial charge in [-0.15, -0.1) is 0 Å². The third-order valence-electron chi connectivity index (χ3n) is 4.42. The van der Waals surface area contributed by atoms with Gasteiger partial charge in [0.25, 0.3) is 5.91 Å². The van der Waals surface area contributed by atoms with Gasteiger partial charge in [0.15, 0.2) is 11.5 Å². The number of hydrogen-bond acceptors (Lipinski definition) is 4. The third-order valence-corrected chi connectivity index (χ3v) is 4.42. The summed E-state index contributed by atoms with van der Waals surface area (Å²) in [5.74, 6) is 2.23. The van der Waals surface area contributed by atoms with Crippen LogP contribution in [0.3, 0.4) is 0 Å². The molecule has 1 aliphatic heterocycles. The fraction of sp³-hybridized carbons (Fsp3) is 0.350. The van der Waals surface area contributed by atoms with Crippen LogP contribution in [0.5, 0.6) is 17.2 Å². The quantitative estimate of drug-likeness (QED) is 0.837. The first kappa shape index (κ1) is 17.1. The number of amides is 1. The van der Waals surface area contributed by atoms with E-state index < -0.39 is 0 Å². The van der Waals surface area contributed by atoms with Gasteiger partial charge >= 0.3 is 0 Å². The van der Waals surface area contributed by atoms with E-state index in [1.165, 1.54) is 5.56 Å². The predicted octanol–water partition coefficient (Wildman–Crippen LogP) is 3.30. The Morgan fingerprint density at radius 1 is 1.04 bits per heavy atom. The monoisotopic (exact) mass is 341 g/mol. The SMILES string of the molecule is CCOc1ccc(C(=O)N2CCc3cc(OC)c(OC)cc3C2)cc1. The Bertz CT molecular complexity index is 755. The Kier molecular flexibility index (Phi) is 5.12. The van der Waals surface area contributed by atoms with Gasteiger partial charge in [-0.1, -0.05) is 0 Å². The zero-order valence-electron chi connectivity index (χ0n) is 14.9. The normalized spacial score (nSPS) is 13.2. The summed E-state index contributed by atoms with van der Waals surface area (Å²) in [6, 6.07) is 11.3. The molecule has 132 valence electrons. The van der Waals surface area contributed by atoms with Crippen LogP contribution in [0.1, 0.15) is 28.4 Å². The van der Waals surface area contributed by atoms with E-state index in [1.54, 1.807) is 14.2 Å². The summed E-state index contributed by atoms with van der Waals surface area (Å²) >= 11 is 0. The lowest BCUT2D eigenvalue weighted by atomic mass is 9.98. The molecule has 0 fully saturated rings. The van der Waals surface area contributed by atoms with E-state index in [0.717, 1.165) is 23.5 Å². The summed E-state index contributed by atoms with van der Waals surface area (Å²) < 4.78 is 16.2. The van der Waals surface area contributed by atoms with Crippen molar-refractivity contribution < 1.29 is 19.0 Å². The van der Waals surface area contributed by atoms with Gasteiger partial charge in [-0.25, -0.2) is 0 Å². The van der Waals surface area contributed by atoms with Gasteiger partial charge in [0.2, 0.25) is 0 Å². The molecule has 3 rings (SSSR count). The number of carbonyl (C=O) groups is 1. The molecule has 0 atom stereocenters. The van der Waals surface area contributed by atoms with Crippen molar-refractivity contribution in [1.82, 2.24) is 4.90 Å². The number of hydrogen-bond donors (Lipinski definition) is 0. The van der Waals surface area contributed by atoms with E-state index in [-0.39, 0.29) is 5.91 Å². The summed E-state index contributed by atoms with van der Waals surface area (Å²) in [6.07, 6.45) is 0.804. The van der Waals surface area contributed by atoms with Crippen molar-refractivity contribution in [2.45, 2.75) is 19.9 Å². The minimum atomic E-state index is 0.0310. The average molecular weight is 341 g/mol.